The minimum Gasteiger partial charge on any atom is -0.726 e. The molecule has 0 rings (SSSR count). The van der Waals surface area contributed by atoms with Crippen LogP contribution in [0.25, 0.3) is 0 Å². The summed E-state index contributed by atoms with van der Waals surface area (Å²) in [6, 6.07) is 0. The van der Waals surface area contributed by atoms with Crippen LogP contribution < -0.4 is 51.4 Å². The van der Waals surface area contributed by atoms with E-state index in [2.05, 4.69) is 18.0 Å². The molecule has 6 heteroatoms. The van der Waals surface area contributed by atoms with Gasteiger partial charge in [-0.3, -0.25) is 4.18 Å². The molecule has 0 spiro atoms. The van der Waals surface area contributed by atoms with E-state index in [0.29, 0.717) is 0 Å². The summed E-state index contributed by atoms with van der Waals surface area (Å²) >= 11 is 0. The van der Waals surface area contributed by atoms with Crippen LogP contribution in [-0.2, 0) is 14.6 Å². The van der Waals surface area contributed by atoms with E-state index in [1.807, 2.05) is 0 Å². The molecule has 212 valence electrons. The molecule has 0 fully saturated rings. The predicted octanol–water partition coefficient (Wildman–Crippen LogP) is 7.27. The van der Waals surface area contributed by atoms with Crippen molar-refractivity contribution >= 4 is 10.4 Å². The van der Waals surface area contributed by atoms with E-state index in [1.165, 1.54) is 141 Å². The first-order valence-corrected chi connectivity index (χ1v) is 16.9. The van der Waals surface area contributed by atoms with E-state index in [9.17, 15) is 13.0 Å². The van der Waals surface area contributed by atoms with Crippen LogP contribution in [0.4, 0.5) is 0 Å². The maximum absolute atomic E-state index is 10.9. The number of rotatable bonds is 29. The van der Waals surface area contributed by atoms with Gasteiger partial charge in [-0.05, 0) is 18.8 Å². The van der Waals surface area contributed by atoms with Crippen LogP contribution in [0.1, 0.15) is 181 Å². The molecule has 0 aromatic carbocycles. The van der Waals surface area contributed by atoms with E-state index in [1.54, 1.807) is 0 Å². The van der Waals surface area contributed by atoms with Gasteiger partial charge < -0.3 is 4.55 Å². The summed E-state index contributed by atoms with van der Waals surface area (Å²) in [5, 5.41) is 0. The monoisotopic (exact) mass is 556 g/mol. The van der Waals surface area contributed by atoms with Crippen molar-refractivity contribution in [1.29, 1.82) is 0 Å². The summed E-state index contributed by atoms with van der Waals surface area (Å²) in [4.78, 5) is 0. The average molecular weight is 557 g/mol. The van der Waals surface area contributed by atoms with Crippen LogP contribution in [0.2, 0.25) is 0 Å². The third-order valence-electron chi connectivity index (χ3n) is 7.38. The zero-order chi connectivity index (χ0) is 25.9. The molecule has 0 saturated carbocycles. The van der Waals surface area contributed by atoms with E-state index in [-0.39, 0.29) is 63.9 Å². The summed E-state index contributed by atoms with van der Waals surface area (Å²) in [6.07, 6.45) is 33.8. The molecule has 36 heavy (non-hydrogen) atoms. The molecule has 0 aliphatic rings. The molecule has 0 bridgehead atoms. The SMILES string of the molecule is CCCCCCCCCCCCCCCCCCCC(CCCCCCCCC)COS(=O)(=O)[O-].[K+]. The van der Waals surface area contributed by atoms with Gasteiger partial charge in [-0.1, -0.05) is 168 Å². The molecule has 4 nitrogen and oxygen atoms in total. The van der Waals surface area contributed by atoms with Crippen molar-refractivity contribution < 1.29 is 68.5 Å². The second-order valence-electron chi connectivity index (χ2n) is 10.9. The topological polar surface area (TPSA) is 66.4 Å². The Morgan fingerprint density at radius 2 is 0.750 bits per heavy atom. The smallest absolute Gasteiger partial charge is 0.726 e. The zero-order valence-corrected chi connectivity index (χ0v) is 28.7. The molecule has 1 atom stereocenters. The van der Waals surface area contributed by atoms with Crippen molar-refractivity contribution in [3.05, 3.63) is 0 Å². The molecule has 0 aromatic rings. The largest absolute Gasteiger partial charge is 1.00 e. The van der Waals surface area contributed by atoms with Gasteiger partial charge in [-0.15, -0.1) is 0 Å². The second-order valence-corrected chi connectivity index (χ2v) is 12.0. The van der Waals surface area contributed by atoms with Crippen LogP contribution >= 0.6 is 0 Å². The molecule has 0 aliphatic heterocycles. The van der Waals surface area contributed by atoms with Crippen molar-refractivity contribution in [1.82, 2.24) is 0 Å². The fourth-order valence-electron chi connectivity index (χ4n) is 5.04. The Labute approximate surface area is 269 Å². The molecule has 0 heterocycles. The Morgan fingerprint density at radius 3 is 1.00 bits per heavy atom. The van der Waals surface area contributed by atoms with Gasteiger partial charge in [-0.25, -0.2) is 8.42 Å². The Kier molecular flexibility index (Phi) is 34.2. The van der Waals surface area contributed by atoms with Gasteiger partial charge >= 0.3 is 51.4 Å². The summed E-state index contributed by atoms with van der Waals surface area (Å²) in [7, 11) is -4.58. The molecule has 0 saturated heterocycles. The van der Waals surface area contributed by atoms with Gasteiger partial charge in [-0.2, -0.15) is 0 Å². The number of unbranched alkanes of at least 4 members (excludes halogenated alkanes) is 22. The zero-order valence-electron chi connectivity index (χ0n) is 24.7. The minimum atomic E-state index is -4.58. The fourth-order valence-corrected chi connectivity index (χ4v) is 5.40. The molecule has 0 aliphatic carbocycles. The van der Waals surface area contributed by atoms with E-state index in [0.717, 1.165) is 25.7 Å². The van der Waals surface area contributed by atoms with E-state index < -0.39 is 10.4 Å². The molecule has 0 N–H and O–H groups in total. The first-order valence-electron chi connectivity index (χ1n) is 15.6. The standard InChI is InChI=1S/C30H62O4S.K/c1-3-5-7-9-11-12-13-14-15-16-17-18-19-20-22-24-26-28-30(29-34-35(31,32)33)27-25-23-21-10-8-6-4-2;/h30H,3-29H2,1-2H3,(H,31,32,33);/q;+1/p-1. The predicted molar refractivity (Wildman–Crippen MR) is 151 cm³/mol. The van der Waals surface area contributed by atoms with Crippen LogP contribution in [0.5, 0.6) is 0 Å². The van der Waals surface area contributed by atoms with Gasteiger partial charge in [0, 0.05) is 0 Å². The van der Waals surface area contributed by atoms with Crippen molar-refractivity contribution in [2.75, 3.05) is 6.61 Å². The Bertz CT molecular complexity index is 513. The van der Waals surface area contributed by atoms with Gasteiger partial charge in [0.25, 0.3) is 0 Å². The Morgan fingerprint density at radius 1 is 0.500 bits per heavy atom. The quantitative estimate of drug-likeness (QED) is 0.0421. The normalized spacial score (nSPS) is 12.5. The molecule has 0 radical (unpaired) electrons. The van der Waals surface area contributed by atoms with Crippen LogP contribution in [0.15, 0.2) is 0 Å². The van der Waals surface area contributed by atoms with E-state index in [4.69, 9.17) is 0 Å². The number of hydrogen-bond acceptors (Lipinski definition) is 4. The molecule has 0 amide bonds. The third kappa shape index (κ3) is 33.5. The minimum absolute atomic E-state index is 0. The van der Waals surface area contributed by atoms with Gasteiger partial charge in [0.15, 0.2) is 0 Å². The molecule has 1 unspecified atom stereocenters. The molecular formula is C30H61KO4S. The van der Waals surface area contributed by atoms with Crippen molar-refractivity contribution in [3.63, 3.8) is 0 Å². The number of hydrogen-bond donors (Lipinski definition) is 0. The summed E-state index contributed by atoms with van der Waals surface area (Å²) in [5.41, 5.74) is 0. The second kappa shape index (κ2) is 31.0. The summed E-state index contributed by atoms with van der Waals surface area (Å²) in [6.45, 7) is 4.58. The van der Waals surface area contributed by atoms with Crippen LogP contribution in [0.3, 0.4) is 0 Å². The third-order valence-corrected chi connectivity index (χ3v) is 7.80. The van der Waals surface area contributed by atoms with Gasteiger partial charge in [0.2, 0.25) is 10.4 Å². The first kappa shape index (κ1) is 39.6. The van der Waals surface area contributed by atoms with E-state index >= 15 is 0 Å². The average Bonchev–Trinajstić information content (AvgIpc) is 2.82. The molecular weight excluding hydrogens is 495 g/mol. The van der Waals surface area contributed by atoms with Crippen LogP contribution in [0, 0.1) is 5.92 Å². The summed E-state index contributed by atoms with van der Waals surface area (Å²) < 4.78 is 37.2. The van der Waals surface area contributed by atoms with Gasteiger partial charge in [0.1, 0.15) is 0 Å². The maximum atomic E-state index is 10.9. The van der Waals surface area contributed by atoms with Crippen LogP contribution in [-0.4, -0.2) is 19.6 Å². The van der Waals surface area contributed by atoms with Crippen molar-refractivity contribution in [3.8, 4) is 0 Å². The maximum Gasteiger partial charge on any atom is 1.00 e. The fraction of sp³-hybridized carbons (Fsp3) is 1.00. The van der Waals surface area contributed by atoms with Crippen molar-refractivity contribution in [2.45, 2.75) is 181 Å². The first-order chi connectivity index (χ1) is 17.0. The summed E-state index contributed by atoms with van der Waals surface area (Å²) in [5.74, 6) is 0.200. The van der Waals surface area contributed by atoms with Crippen molar-refractivity contribution in [2.24, 2.45) is 5.92 Å². The molecule has 0 aromatic heterocycles. The Balaban J connectivity index is 0. The Hall–Kier alpha value is 1.51. The van der Waals surface area contributed by atoms with Gasteiger partial charge in [0.05, 0.1) is 6.61 Å².